The number of nitrogens with zero attached hydrogens (tertiary/aromatic N) is 2. The van der Waals surface area contributed by atoms with Crippen molar-refractivity contribution in [1.29, 1.82) is 0 Å². The summed E-state index contributed by atoms with van der Waals surface area (Å²) in [6.07, 6.45) is 0.945. The molecule has 1 atom stereocenters. The number of nitrogens with one attached hydrogen (secondary N) is 2. The van der Waals surface area contributed by atoms with E-state index in [-0.39, 0.29) is 6.04 Å². The Morgan fingerprint density at radius 1 is 1.28 bits per heavy atom. The third-order valence-electron chi connectivity index (χ3n) is 4.06. The highest BCUT2D eigenvalue weighted by Crippen LogP contribution is 2.35. The fraction of sp³-hybridized carbons (Fsp3) is 0.333. The fourth-order valence-corrected chi connectivity index (χ4v) is 3.29. The Morgan fingerprint density at radius 3 is 2.76 bits per heavy atom. The molecule has 0 saturated carbocycles. The number of rotatable bonds is 6. The topological polar surface area (TPSA) is 62.8 Å². The quantitative estimate of drug-likeness (QED) is 0.627. The van der Waals surface area contributed by atoms with E-state index >= 15 is 0 Å². The first-order valence-electron chi connectivity index (χ1n) is 8.10. The molecule has 0 amide bonds. The summed E-state index contributed by atoms with van der Waals surface area (Å²) in [6, 6.07) is 7.58. The molecule has 7 heteroatoms. The van der Waals surface area contributed by atoms with Gasteiger partial charge in [-0.05, 0) is 37.6 Å². The molecule has 5 nitrogen and oxygen atoms in total. The van der Waals surface area contributed by atoms with Crippen LogP contribution in [0.15, 0.2) is 24.3 Å². The Labute approximate surface area is 156 Å². The molecule has 1 unspecified atom stereocenters. The van der Waals surface area contributed by atoms with E-state index in [0.717, 1.165) is 34.4 Å². The van der Waals surface area contributed by atoms with Crippen molar-refractivity contribution in [2.45, 2.75) is 26.3 Å². The van der Waals surface area contributed by atoms with Gasteiger partial charge in [-0.3, -0.25) is 5.10 Å². The monoisotopic (exact) mass is 378 g/mol. The molecular weight excluding hydrogens is 359 g/mol. The number of anilines is 1. The summed E-state index contributed by atoms with van der Waals surface area (Å²) < 4.78 is 5.28. The lowest BCUT2D eigenvalue weighted by Gasteiger charge is -2.18. The van der Waals surface area contributed by atoms with Gasteiger partial charge in [-0.25, -0.2) is 4.98 Å². The van der Waals surface area contributed by atoms with Crippen LogP contribution in [0.25, 0.3) is 22.3 Å². The first-order valence-corrected chi connectivity index (χ1v) is 8.85. The second-order valence-corrected chi connectivity index (χ2v) is 6.78. The minimum atomic E-state index is 0.209. The van der Waals surface area contributed by atoms with Gasteiger partial charge in [0.25, 0.3) is 0 Å². The predicted octanol–water partition coefficient (Wildman–Crippen LogP) is 5.08. The molecule has 0 radical (unpaired) electrons. The predicted molar refractivity (Wildman–Crippen MR) is 104 cm³/mol. The molecule has 0 spiro atoms. The lowest BCUT2D eigenvalue weighted by atomic mass is 10.1. The zero-order valence-electron chi connectivity index (χ0n) is 14.4. The van der Waals surface area contributed by atoms with Crippen LogP contribution >= 0.6 is 23.2 Å². The van der Waals surface area contributed by atoms with E-state index < -0.39 is 0 Å². The molecule has 2 heterocycles. The zero-order valence-corrected chi connectivity index (χ0v) is 15.9. The van der Waals surface area contributed by atoms with Crippen LogP contribution in [0.5, 0.6) is 0 Å². The van der Waals surface area contributed by atoms with Gasteiger partial charge in [0.15, 0.2) is 0 Å². The van der Waals surface area contributed by atoms with Gasteiger partial charge in [0, 0.05) is 29.4 Å². The van der Waals surface area contributed by atoms with Gasteiger partial charge >= 0.3 is 0 Å². The van der Waals surface area contributed by atoms with Crippen LogP contribution in [0.1, 0.15) is 19.0 Å². The number of ether oxygens (including phenoxy) is 1. The summed E-state index contributed by atoms with van der Waals surface area (Å²) >= 11 is 12.4. The number of fused-ring (bicyclic) bond motifs is 1. The van der Waals surface area contributed by atoms with Crippen LogP contribution in [0.4, 0.5) is 5.69 Å². The minimum Gasteiger partial charge on any atom is -0.383 e. The van der Waals surface area contributed by atoms with Crippen LogP contribution in [-0.2, 0) is 4.74 Å². The van der Waals surface area contributed by atoms with E-state index in [1.807, 2.05) is 19.1 Å². The van der Waals surface area contributed by atoms with Crippen molar-refractivity contribution in [3.63, 3.8) is 0 Å². The Balaban J connectivity index is 2.09. The highest BCUT2D eigenvalue weighted by Gasteiger charge is 2.17. The van der Waals surface area contributed by atoms with E-state index in [0.29, 0.717) is 22.3 Å². The van der Waals surface area contributed by atoms with Gasteiger partial charge in [-0.2, -0.15) is 5.10 Å². The Morgan fingerprint density at radius 2 is 2.08 bits per heavy atom. The first kappa shape index (κ1) is 18.0. The summed E-state index contributed by atoms with van der Waals surface area (Å²) in [7, 11) is 1.70. The van der Waals surface area contributed by atoms with Crippen molar-refractivity contribution in [1.82, 2.24) is 15.2 Å². The number of halogens is 2. The molecule has 25 heavy (non-hydrogen) atoms. The molecule has 132 valence electrons. The van der Waals surface area contributed by atoms with Crippen molar-refractivity contribution >= 4 is 39.9 Å². The van der Waals surface area contributed by atoms with E-state index in [9.17, 15) is 0 Å². The molecular formula is C18H20Cl2N4O. The van der Waals surface area contributed by atoms with Crippen LogP contribution in [0.3, 0.4) is 0 Å². The number of hydrogen-bond acceptors (Lipinski definition) is 4. The standard InChI is InChI=1S/C18H20Cl2N4O/c1-4-12(9-25-3)22-15-7-10(2)21-18-16(23-24-17(15)18)13-6-5-11(19)8-14(13)20/h5-8,12H,4,9H2,1-3H3,(H,21,22)(H,23,24). The molecule has 3 rings (SSSR count). The average Bonchev–Trinajstić information content (AvgIpc) is 2.98. The van der Waals surface area contributed by atoms with Crippen molar-refractivity contribution < 1.29 is 4.74 Å². The number of aryl methyl sites for hydroxylation is 1. The maximum Gasteiger partial charge on any atom is 0.120 e. The van der Waals surface area contributed by atoms with E-state index in [1.54, 1.807) is 19.2 Å². The van der Waals surface area contributed by atoms with Crippen LogP contribution in [-0.4, -0.2) is 34.9 Å². The highest BCUT2D eigenvalue weighted by atomic mass is 35.5. The van der Waals surface area contributed by atoms with E-state index in [1.165, 1.54) is 0 Å². The van der Waals surface area contributed by atoms with Crippen LogP contribution < -0.4 is 5.32 Å². The number of aromatic nitrogens is 3. The van der Waals surface area contributed by atoms with Crippen molar-refractivity contribution in [3.8, 4) is 11.3 Å². The second-order valence-electron chi connectivity index (χ2n) is 5.94. The van der Waals surface area contributed by atoms with Gasteiger partial charge in [0.1, 0.15) is 16.7 Å². The van der Waals surface area contributed by atoms with E-state index in [4.69, 9.17) is 27.9 Å². The van der Waals surface area contributed by atoms with Crippen molar-refractivity contribution in [2.75, 3.05) is 19.0 Å². The van der Waals surface area contributed by atoms with Gasteiger partial charge in [0.05, 0.1) is 17.3 Å². The number of benzene rings is 1. The van der Waals surface area contributed by atoms with E-state index in [2.05, 4.69) is 27.4 Å². The summed E-state index contributed by atoms with van der Waals surface area (Å²) in [4.78, 5) is 4.66. The maximum atomic E-state index is 6.35. The molecule has 0 bridgehead atoms. The maximum absolute atomic E-state index is 6.35. The summed E-state index contributed by atoms with van der Waals surface area (Å²) in [5.74, 6) is 0. The van der Waals surface area contributed by atoms with Crippen LogP contribution in [0, 0.1) is 6.92 Å². The third-order valence-corrected chi connectivity index (χ3v) is 4.61. The molecule has 0 fully saturated rings. The molecule has 0 aliphatic carbocycles. The molecule has 3 aromatic rings. The second kappa shape index (κ2) is 7.60. The number of methoxy groups -OCH3 is 1. The number of H-pyrrole nitrogens is 1. The lowest BCUT2D eigenvalue weighted by molar-refractivity contribution is 0.184. The summed E-state index contributed by atoms with van der Waals surface area (Å²) in [6.45, 7) is 4.71. The minimum absolute atomic E-state index is 0.209. The number of aromatic amines is 1. The largest absolute Gasteiger partial charge is 0.383 e. The normalized spacial score (nSPS) is 12.5. The third kappa shape index (κ3) is 3.73. The fourth-order valence-electron chi connectivity index (χ4n) is 2.79. The Hall–Kier alpha value is -1.82. The van der Waals surface area contributed by atoms with Gasteiger partial charge in [0.2, 0.25) is 0 Å². The van der Waals surface area contributed by atoms with Gasteiger partial charge < -0.3 is 10.1 Å². The molecule has 0 aliphatic heterocycles. The van der Waals surface area contributed by atoms with Crippen molar-refractivity contribution in [2.24, 2.45) is 0 Å². The average molecular weight is 379 g/mol. The van der Waals surface area contributed by atoms with Crippen molar-refractivity contribution in [3.05, 3.63) is 40.0 Å². The zero-order chi connectivity index (χ0) is 18.0. The Kier molecular flexibility index (Phi) is 5.47. The molecule has 2 aromatic heterocycles. The lowest BCUT2D eigenvalue weighted by Crippen LogP contribution is -2.24. The van der Waals surface area contributed by atoms with Gasteiger partial charge in [-0.1, -0.05) is 30.1 Å². The molecule has 2 N–H and O–H groups in total. The SMILES string of the molecule is CCC(COC)Nc1cc(C)nc2c(-c3ccc(Cl)cc3Cl)n[nH]c12. The smallest absolute Gasteiger partial charge is 0.120 e. The van der Waals surface area contributed by atoms with Crippen LogP contribution in [0.2, 0.25) is 10.0 Å². The van der Waals surface area contributed by atoms with Gasteiger partial charge in [-0.15, -0.1) is 0 Å². The Bertz CT molecular complexity index is 894. The molecule has 1 aromatic carbocycles. The first-order chi connectivity index (χ1) is 12.0. The molecule has 0 aliphatic rings. The summed E-state index contributed by atoms with van der Waals surface area (Å²) in [5.41, 5.74) is 4.99. The number of pyridine rings is 1. The molecule has 0 saturated heterocycles. The highest BCUT2D eigenvalue weighted by molar-refractivity contribution is 6.36. The summed E-state index contributed by atoms with van der Waals surface area (Å²) in [5, 5.41) is 12.2. The number of hydrogen-bond donors (Lipinski definition) is 2.